The van der Waals surface area contributed by atoms with Crippen LogP contribution in [0.25, 0.3) is 0 Å². The number of hydrogen-bond donors (Lipinski definition) is 1. The minimum atomic E-state index is -0.374. The maximum absolute atomic E-state index is 13.6. The summed E-state index contributed by atoms with van der Waals surface area (Å²) in [7, 11) is 0. The van der Waals surface area contributed by atoms with Crippen molar-refractivity contribution in [2.24, 2.45) is 5.92 Å². The molecule has 2 aromatic carbocycles. The highest BCUT2D eigenvalue weighted by Crippen LogP contribution is 2.31. The van der Waals surface area contributed by atoms with E-state index in [9.17, 15) is 18.4 Å². The van der Waals surface area contributed by atoms with Gasteiger partial charge in [-0.15, -0.1) is 0 Å². The second-order valence-electron chi connectivity index (χ2n) is 7.41. The maximum Gasteiger partial charge on any atom is 0.225 e. The van der Waals surface area contributed by atoms with Gasteiger partial charge in [-0.1, -0.05) is 24.3 Å². The number of nitrogens with zero attached hydrogens (tertiary/aromatic N) is 1. The van der Waals surface area contributed by atoms with Gasteiger partial charge in [0, 0.05) is 32.5 Å². The average Bonchev–Trinajstić information content (AvgIpc) is 2.68. The first kappa shape index (κ1) is 20.0. The standard InChI is InChI=1S/C22H24F2N2O2/c1-14-8-17(6-7-21(14)24)18-10-19(13-26(12-18)15(2)27)22(28)25-11-16-4-3-5-20(23)9-16/h3-9,18-19H,10-13H2,1-2H3,(H,25,28)/t18-,19-/m1/s1. The summed E-state index contributed by atoms with van der Waals surface area (Å²) < 4.78 is 26.9. The summed E-state index contributed by atoms with van der Waals surface area (Å²) in [6.07, 6.45) is 0.573. The fourth-order valence-electron chi connectivity index (χ4n) is 3.69. The molecule has 1 aliphatic heterocycles. The average molecular weight is 386 g/mol. The van der Waals surface area contributed by atoms with Crippen LogP contribution in [0.3, 0.4) is 0 Å². The number of amides is 2. The molecular formula is C22H24F2N2O2. The number of likely N-dealkylation sites (tertiary alicyclic amines) is 1. The van der Waals surface area contributed by atoms with Crippen LogP contribution < -0.4 is 5.32 Å². The molecule has 6 heteroatoms. The Hall–Kier alpha value is -2.76. The molecule has 2 atom stereocenters. The fourth-order valence-corrected chi connectivity index (χ4v) is 3.69. The lowest BCUT2D eigenvalue weighted by Gasteiger charge is -2.37. The molecule has 0 saturated carbocycles. The van der Waals surface area contributed by atoms with Crippen molar-refractivity contribution in [3.05, 3.63) is 70.8 Å². The number of hydrogen-bond acceptors (Lipinski definition) is 2. The SMILES string of the molecule is CC(=O)N1C[C@H](C(=O)NCc2cccc(F)c2)C[C@@H](c2ccc(F)c(C)c2)C1. The van der Waals surface area contributed by atoms with Gasteiger partial charge in [-0.25, -0.2) is 8.78 Å². The van der Waals surface area contributed by atoms with Gasteiger partial charge in [-0.3, -0.25) is 9.59 Å². The lowest BCUT2D eigenvalue weighted by molar-refractivity contribution is -0.134. The molecule has 1 aliphatic rings. The van der Waals surface area contributed by atoms with Crippen molar-refractivity contribution in [2.45, 2.75) is 32.7 Å². The first-order chi connectivity index (χ1) is 13.3. The van der Waals surface area contributed by atoms with E-state index in [-0.39, 0.29) is 41.8 Å². The Morgan fingerprint density at radius 3 is 2.61 bits per heavy atom. The van der Waals surface area contributed by atoms with Crippen molar-refractivity contribution in [2.75, 3.05) is 13.1 Å². The smallest absolute Gasteiger partial charge is 0.225 e. The van der Waals surface area contributed by atoms with E-state index in [2.05, 4.69) is 5.32 Å². The molecule has 0 bridgehead atoms. The molecule has 4 nitrogen and oxygen atoms in total. The fraction of sp³-hybridized carbons (Fsp3) is 0.364. The first-order valence-electron chi connectivity index (χ1n) is 9.37. The second-order valence-corrected chi connectivity index (χ2v) is 7.41. The van der Waals surface area contributed by atoms with E-state index >= 15 is 0 Å². The maximum atomic E-state index is 13.6. The van der Waals surface area contributed by atoms with E-state index in [1.807, 2.05) is 0 Å². The zero-order valence-electron chi connectivity index (χ0n) is 16.0. The van der Waals surface area contributed by atoms with Gasteiger partial charge in [0.25, 0.3) is 0 Å². The summed E-state index contributed by atoms with van der Waals surface area (Å²) in [6, 6.07) is 11.0. The van der Waals surface area contributed by atoms with Gasteiger partial charge in [0.15, 0.2) is 0 Å². The van der Waals surface area contributed by atoms with Crippen LogP contribution in [-0.4, -0.2) is 29.8 Å². The number of nitrogens with one attached hydrogen (secondary N) is 1. The van der Waals surface area contributed by atoms with E-state index in [4.69, 9.17) is 0 Å². The monoisotopic (exact) mass is 386 g/mol. The number of carbonyl (C=O) groups excluding carboxylic acids is 2. The Kier molecular flexibility index (Phi) is 6.07. The Morgan fingerprint density at radius 1 is 1.14 bits per heavy atom. The van der Waals surface area contributed by atoms with E-state index in [1.165, 1.54) is 25.1 Å². The summed E-state index contributed by atoms with van der Waals surface area (Å²) >= 11 is 0. The van der Waals surface area contributed by atoms with Crippen LogP contribution in [0, 0.1) is 24.5 Å². The third kappa shape index (κ3) is 4.74. The zero-order valence-corrected chi connectivity index (χ0v) is 16.0. The minimum Gasteiger partial charge on any atom is -0.352 e. The zero-order chi connectivity index (χ0) is 20.3. The van der Waals surface area contributed by atoms with Gasteiger partial charge in [0.05, 0.1) is 5.92 Å². The van der Waals surface area contributed by atoms with Crippen molar-refractivity contribution in [3.63, 3.8) is 0 Å². The number of carbonyl (C=O) groups is 2. The molecule has 2 amide bonds. The molecule has 0 spiro atoms. The summed E-state index contributed by atoms with van der Waals surface area (Å²) in [5, 5.41) is 2.84. The predicted octanol–water partition coefficient (Wildman–Crippen LogP) is 3.54. The van der Waals surface area contributed by atoms with E-state index in [0.29, 0.717) is 30.6 Å². The van der Waals surface area contributed by atoms with Gasteiger partial charge in [0.2, 0.25) is 11.8 Å². The van der Waals surface area contributed by atoms with Crippen LogP contribution in [0.4, 0.5) is 8.78 Å². The third-order valence-electron chi connectivity index (χ3n) is 5.28. The van der Waals surface area contributed by atoms with Gasteiger partial charge in [-0.2, -0.15) is 0 Å². The highest BCUT2D eigenvalue weighted by atomic mass is 19.1. The Balaban J connectivity index is 1.72. The quantitative estimate of drug-likeness (QED) is 0.874. The predicted molar refractivity (Wildman–Crippen MR) is 102 cm³/mol. The van der Waals surface area contributed by atoms with Crippen molar-refractivity contribution >= 4 is 11.8 Å². The molecule has 1 saturated heterocycles. The Bertz CT molecular complexity index is 885. The molecule has 2 aromatic rings. The van der Waals surface area contributed by atoms with Gasteiger partial charge in [0.1, 0.15) is 11.6 Å². The normalized spacial score (nSPS) is 19.4. The summed E-state index contributed by atoms with van der Waals surface area (Å²) in [6.45, 7) is 4.27. The van der Waals surface area contributed by atoms with Crippen LogP contribution in [0.2, 0.25) is 0 Å². The van der Waals surface area contributed by atoms with E-state index in [0.717, 1.165) is 5.56 Å². The molecule has 0 aromatic heterocycles. The van der Waals surface area contributed by atoms with Crippen LogP contribution in [0.15, 0.2) is 42.5 Å². The molecule has 3 rings (SSSR count). The van der Waals surface area contributed by atoms with Crippen molar-refractivity contribution in [3.8, 4) is 0 Å². The minimum absolute atomic E-state index is 0.0399. The lowest BCUT2D eigenvalue weighted by Crippen LogP contribution is -2.47. The molecule has 0 aliphatic carbocycles. The second kappa shape index (κ2) is 8.50. The molecule has 1 N–H and O–H groups in total. The van der Waals surface area contributed by atoms with Crippen molar-refractivity contribution in [1.29, 1.82) is 0 Å². The van der Waals surface area contributed by atoms with Crippen molar-refractivity contribution in [1.82, 2.24) is 10.2 Å². The number of halogens is 2. The van der Waals surface area contributed by atoms with Crippen LogP contribution in [-0.2, 0) is 16.1 Å². The van der Waals surface area contributed by atoms with E-state index in [1.54, 1.807) is 36.1 Å². The number of benzene rings is 2. The molecule has 1 fully saturated rings. The lowest BCUT2D eigenvalue weighted by atomic mass is 9.83. The number of rotatable bonds is 4. The first-order valence-corrected chi connectivity index (χ1v) is 9.37. The Morgan fingerprint density at radius 2 is 1.93 bits per heavy atom. The molecule has 1 heterocycles. The van der Waals surface area contributed by atoms with Crippen LogP contribution >= 0.6 is 0 Å². The topological polar surface area (TPSA) is 49.4 Å². The third-order valence-corrected chi connectivity index (χ3v) is 5.28. The Labute approximate surface area is 163 Å². The van der Waals surface area contributed by atoms with Crippen LogP contribution in [0.5, 0.6) is 0 Å². The summed E-state index contributed by atoms with van der Waals surface area (Å²) in [5.74, 6) is -1.29. The molecule has 0 unspecified atom stereocenters. The van der Waals surface area contributed by atoms with Gasteiger partial charge < -0.3 is 10.2 Å². The van der Waals surface area contributed by atoms with Gasteiger partial charge >= 0.3 is 0 Å². The van der Waals surface area contributed by atoms with Gasteiger partial charge in [-0.05, 0) is 48.2 Å². The molecular weight excluding hydrogens is 362 g/mol. The highest BCUT2D eigenvalue weighted by molar-refractivity contribution is 5.81. The molecule has 28 heavy (non-hydrogen) atoms. The van der Waals surface area contributed by atoms with Crippen molar-refractivity contribution < 1.29 is 18.4 Å². The number of aryl methyl sites for hydroxylation is 1. The largest absolute Gasteiger partial charge is 0.352 e. The molecule has 148 valence electrons. The van der Waals surface area contributed by atoms with E-state index < -0.39 is 0 Å². The number of piperidine rings is 1. The summed E-state index contributed by atoms with van der Waals surface area (Å²) in [4.78, 5) is 26.4. The molecule has 0 radical (unpaired) electrons. The summed E-state index contributed by atoms with van der Waals surface area (Å²) in [5.41, 5.74) is 2.15. The highest BCUT2D eigenvalue weighted by Gasteiger charge is 2.33. The van der Waals surface area contributed by atoms with Crippen LogP contribution in [0.1, 0.15) is 36.0 Å².